The molecule has 22 heavy (non-hydrogen) atoms. The predicted molar refractivity (Wildman–Crippen MR) is 81.2 cm³/mol. The summed E-state index contributed by atoms with van der Waals surface area (Å²) in [5, 5.41) is 0. The molecular formula is C16H25N3O3. The van der Waals surface area contributed by atoms with Crippen molar-refractivity contribution in [3.63, 3.8) is 0 Å². The first-order chi connectivity index (χ1) is 10.7. The van der Waals surface area contributed by atoms with Gasteiger partial charge in [0.05, 0.1) is 37.6 Å². The summed E-state index contributed by atoms with van der Waals surface area (Å²) in [6, 6.07) is 0.00953. The van der Waals surface area contributed by atoms with Gasteiger partial charge in [-0.3, -0.25) is 4.79 Å². The number of carbonyl (C=O) groups is 1. The van der Waals surface area contributed by atoms with Crippen molar-refractivity contribution in [2.24, 2.45) is 5.92 Å². The number of amides is 1. The fraction of sp³-hybridized carbons (Fsp3) is 0.750. The van der Waals surface area contributed by atoms with Crippen LogP contribution in [-0.4, -0.2) is 47.2 Å². The highest BCUT2D eigenvalue weighted by molar-refractivity contribution is 5.76. The van der Waals surface area contributed by atoms with E-state index in [1.807, 2.05) is 18.0 Å². The van der Waals surface area contributed by atoms with Crippen LogP contribution in [0.5, 0.6) is 0 Å². The van der Waals surface area contributed by atoms with Crippen molar-refractivity contribution in [2.75, 3.05) is 26.9 Å². The first-order valence-electron chi connectivity index (χ1n) is 8.11. The molecule has 6 nitrogen and oxygen atoms in total. The van der Waals surface area contributed by atoms with E-state index in [2.05, 4.69) is 9.55 Å². The third-order valence-electron chi connectivity index (χ3n) is 4.52. The molecule has 1 atom stereocenters. The minimum atomic E-state index is 0.00953. The highest BCUT2D eigenvalue weighted by Crippen LogP contribution is 2.30. The van der Waals surface area contributed by atoms with Crippen LogP contribution in [0.2, 0.25) is 0 Å². The SMILES string of the molecule is COCCC(=O)N1CCn2c(COCC3CC3)cnc2[C@@H]1C. The Kier molecular flexibility index (Phi) is 4.78. The highest BCUT2D eigenvalue weighted by Gasteiger charge is 2.30. The molecule has 1 fully saturated rings. The molecule has 0 radical (unpaired) electrons. The summed E-state index contributed by atoms with van der Waals surface area (Å²) in [4.78, 5) is 18.6. The van der Waals surface area contributed by atoms with E-state index in [1.54, 1.807) is 7.11 Å². The summed E-state index contributed by atoms with van der Waals surface area (Å²) in [5.41, 5.74) is 1.12. The van der Waals surface area contributed by atoms with Gasteiger partial charge in [-0.1, -0.05) is 0 Å². The Morgan fingerprint density at radius 3 is 2.95 bits per heavy atom. The third kappa shape index (κ3) is 3.33. The number of rotatable bonds is 7. The van der Waals surface area contributed by atoms with Crippen molar-refractivity contribution < 1.29 is 14.3 Å². The average molecular weight is 307 g/mol. The van der Waals surface area contributed by atoms with E-state index < -0.39 is 0 Å². The van der Waals surface area contributed by atoms with Crippen molar-refractivity contribution in [3.8, 4) is 0 Å². The van der Waals surface area contributed by atoms with Gasteiger partial charge in [-0.05, 0) is 25.7 Å². The monoisotopic (exact) mass is 307 g/mol. The van der Waals surface area contributed by atoms with Crippen LogP contribution < -0.4 is 0 Å². The molecule has 0 unspecified atom stereocenters. The molecule has 0 spiro atoms. The fourth-order valence-corrected chi connectivity index (χ4v) is 2.96. The Hall–Kier alpha value is -1.40. The molecule has 1 aromatic heterocycles. The van der Waals surface area contributed by atoms with Crippen molar-refractivity contribution >= 4 is 5.91 Å². The van der Waals surface area contributed by atoms with Gasteiger partial charge in [0.1, 0.15) is 5.82 Å². The summed E-state index contributed by atoms with van der Waals surface area (Å²) in [6.07, 6.45) is 4.93. The van der Waals surface area contributed by atoms with E-state index in [1.165, 1.54) is 12.8 Å². The number of carbonyl (C=O) groups excluding carboxylic acids is 1. The quantitative estimate of drug-likeness (QED) is 0.770. The molecule has 6 heteroatoms. The summed E-state index contributed by atoms with van der Waals surface area (Å²) in [7, 11) is 1.62. The summed E-state index contributed by atoms with van der Waals surface area (Å²) >= 11 is 0. The van der Waals surface area contributed by atoms with Crippen molar-refractivity contribution in [2.45, 2.75) is 45.4 Å². The number of aromatic nitrogens is 2. The lowest BCUT2D eigenvalue weighted by molar-refractivity contribution is -0.135. The summed E-state index contributed by atoms with van der Waals surface area (Å²) in [5.74, 6) is 1.87. The Labute approximate surface area is 131 Å². The highest BCUT2D eigenvalue weighted by atomic mass is 16.5. The summed E-state index contributed by atoms with van der Waals surface area (Å²) in [6.45, 7) is 5.50. The van der Waals surface area contributed by atoms with Gasteiger partial charge in [-0.25, -0.2) is 4.98 Å². The standard InChI is InChI=1S/C16H25N3O3/c1-12-16-17-9-14(11-22-10-13-3-4-13)19(16)7-6-18(12)15(20)5-8-21-2/h9,12-13H,3-8,10-11H2,1-2H3/t12-/m0/s1. The molecule has 2 heterocycles. The number of nitrogens with zero attached hydrogens (tertiary/aromatic N) is 3. The predicted octanol–water partition coefficient (Wildman–Crippen LogP) is 1.75. The van der Waals surface area contributed by atoms with Crippen molar-refractivity contribution in [1.82, 2.24) is 14.5 Å². The maximum atomic E-state index is 12.2. The number of ether oxygens (including phenoxy) is 2. The van der Waals surface area contributed by atoms with Gasteiger partial charge >= 0.3 is 0 Å². The zero-order chi connectivity index (χ0) is 15.5. The maximum absolute atomic E-state index is 12.2. The smallest absolute Gasteiger partial charge is 0.225 e. The maximum Gasteiger partial charge on any atom is 0.225 e. The zero-order valence-electron chi connectivity index (χ0n) is 13.5. The number of imidazole rings is 1. The third-order valence-corrected chi connectivity index (χ3v) is 4.52. The molecule has 0 aromatic carbocycles. The van der Waals surface area contributed by atoms with Crippen LogP contribution in [0.4, 0.5) is 0 Å². The van der Waals surface area contributed by atoms with E-state index in [9.17, 15) is 4.79 Å². The first kappa shape index (κ1) is 15.5. The lowest BCUT2D eigenvalue weighted by atomic mass is 10.2. The Morgan fingerprint density at radius 2 is 2.23 bits per heavy atom. The van der Waals surface area contributed by atoms with Crippen LogP contribution in [-0.2, 0) is 27.4 Å². The Bertz CT molecular complexity index is 525. The molecule has 0 saturated heterocycles. The number of fused-ring (bicyclic) bond motifs is 1. The second kappa shape index (κ2) is 6.79. The minimum Gasteiger partial charge on any atom is -0.384 e. The number of hydrogen-bond donors (Lipinski definition) is 0. The molecule has 2 aliphatic rings. The molecule has 0 bridgehead atoms. The molecule has 0 N–H and O–H groups in total. The zero-order valence-corrected chi connectivity index (χ0v) is 13.5. The van der Waals surface area contributed by atoms with Crippen molar-refractivity contribution in [3.05, 3.63) is 17.7 Å². The second-order valence-electron chi connectivity index (χ2n) is 6.22. The minimum absolute atomic E-state index is 0.00953. The molecule has 1 aromatic rings. The molecule has 3 rings (SSSR count). The van der Waals surface area contributed by atoms with Crippen LogP contribution in [0.3, 0.4) is 0 Å². The van der Waals surface area contributed by atoms with E-state index in [-0.39, 0.29) is 11.9 Å². The largest absolute Gasteiger partial charge is 0.384 e. The normalized spacial score (nSPS) is 21.0. The lowest BCUT2D eigenvalue weighted by Crippen LogP contribution is -2.41. The van der Waals surface area contributed by atoms with E-state index in [0.29, 0.717) is 19.6 Å². The molecular weight excluding hydrogens is 282 g/mol. The van der Waals surface area contributed by atoms with Gasteiger partial charge in [0.25, 0.3) is 0 Å². The molecule has 1 saturated carbocycles. The fourth-order valence-electron chi connectivity index (χ4n) is 2.96. The second-order valence-corrected chi connectivity index (χ2v) is 6.22. The van der Waals surface area contributed by atoms with E-state index in [0.717, 1.165) is 37.1 Å². The van der Waals surface area contributed by atoms with Crippen LogP contribution in [0, 0.1) is 5.92 Å². The van der Waals surface area contributed by atoms with Gasteiger partial charge in [0, 0.05) is 26.8 Å². The van der Waals surface area contributed by atoms with Crippen molar-refractivity contribution in [1.29, 1.82) is 0 Å². The summed E-state index contributed by atoms with van der Waals surface area (Å²) < 4.78 is 13.0. The van der Waals surface area contributed by atoms with E-state index >= 15 is 0 Å². The van der Waals surface area contributed by atoms with Crippen LogP contribution in [0.1, 0.15) is 43.7 Å². The van der Waals surface area contributed by atoms with Gasteiger partial charge in [0.2, 0.25) is 5.91 Å². The molecule has 1 aliphatic carbocycles. The van der Waals surface area contributed by atoms with Crippen LogP contribution in [0.15, 0.2) is 6.20 Å². The van der Waals surface area contributed by atoms with Crippen LogP contribution >= 0.6 is 0 Å². The van der Waals surface area contributed by atoms with Crippen LogP contribution in [0.25, 0.3) is 0 Å². The number of hydrogen-bond acceptors (Lipinski definition) is 4. The number of methoxy groups -OCH3 is 1. The van der Waals surface area contributed by atoms with Gasteiger partial charge in [0.15, 0.2) is 0 Å². The Morgan fingerprint density at radius 1 is 1.41 bits per heavy atom. The van der Waals surface area contributed by atoms with Gasteiger partial charge < -0.3 is 18.9 Å². The molecule has 1 amide bonds. The van der Waals surface area contributed by atoms with Gasteiger partial charge in [-0.15, -0.1) is 0 Å². The van der Waals surface area contributed by atoms with E-state index in [4.69, 9.17) is 9.47 Å². The molecule has 122 valence electrons. The topological polar surface area (TPSA) is 56.6 Å². The average Bonchev–Trinajstić information content (AvgIpc) is 3.25. The first-order valence-corrected chi connectivity index (χ1v) is 8.11. The van der Waals surface area contributed by atoms with Gasteiger partial charge in [-0.2, -0.15) is 0 Å². The molecule has 1 aliphatic heterocycles. The Balaban J connectivity index is 1.61. The lowest BCUT2D eigenvalue weighted by Gasteiger charge is -2.34.